The summed E-state index contributed by atoms with van der Waals surface area (Å²) in [4.78, 5) is 19.1. The van der Waals surface area contributed by atoms with Gasteiger partial charge in [-0.3, -0.25) is 9.36 Å². The molecule has 1 aliphatic rings. The number of fused-ring (bicyclic) bond motifs is 2. The lowest BCUT2D eigenvalue weighted by Gasteiger charge is -2.27. The zero-order chi connectivity index (χ0) is 18.4. The van der Waals surface area contributed by atoms with E-state index >= 15 is 0 Å². The summed E-state index contributed by atoms with van der Waals surface area (Å²) in [6.07, 6.45) is 1.81. The van der Waals surface area contributed by atoms with Crippen molar-refractivity contribution in [3.8, 4) is 5.69 Å². The predicted octanol–water partition coefficient (Wildman–Crippen LogP) is 2.58. The van der Waals surface area contributed by atoms with E-state index in [-0.39, 0.29) is 5.91 Å². The van der Waals surface area contributed by atoms with Crippen molar-refractivity contribution in [3.63, 3.8) is 0 Å². The summed E-state index contributed by atoms with van der Waals surface area (Å²) >= 11 is 0. The lowest BCUT2D eigenvalue weighted by atomic mass is 10.1. The second kappa shape index (κ2) is 6.05. The van der Waals surface area contributed by atoms with Crippen LogP contribution in [0.1, 0.15) is 22.0 Å². The Labute approximate surface area is 155 Å². The molecule has 1 amide bonds. The Bertz CT molecular complexity index is 1140. The third-order valence-electron chi connectivity index (χ3n) is 5.07. The topological polar surface area (TPSA) is 68.8 Å². The van der Waals surface area contributed by atoms with Crippen LogP contribution in [0.4, 0.5) is 0 Å². The van der Waals surface area contributed by atoms with Crippen LogP contribution in [0.3, 0.4) is 0 Å². The van der Waals surface area contributed by atoms with Gasteiger partial charge in [0.05, 0.1) is 17.6 Å². The second-order valence-electron chi connectivity index (χ2n) is 6.69. The molecule has 0 bridgehead atoms. The first kappa shape index (κ1) is 15.7. The summed E-state index contributed by atoms with van der Waals surface area (Å²) in [6, 6.07) is 15.6. The Morgan fingerprint density at radius 1 is 1.00 bits per heavy atom. The van der Waals surface area contributed by atoms with Gasteiger partial charge >= 0.3 is 0 Å². The first-order valence-electron chi connectivity index (χ1n) is 8.91. The number of aryl methyl sites for hydroxylation is 1. The largest absolute Gasteiger partial charge is 0.329 e. The van der Waals surface area contributed by atoms with Crippen LogP contribution in [0.15, 0.2) is 54.9 Å². The molecule has 1 aliphatic heterocycles. The molecule has 27 heavy (non-hydrogen) atoms. The number of amides is 1. The van der Waals surface area contributed by atoms with Gasteiger partial charge in [0.15, 0.2) is 5.82 Å². The molecular weight excluding hydrogens is 340 g/mol. The summed E-state index contributed by atoms with van der Waals surface area (Å²) in [5.74, 6) is 1.76. The summed E-state index contributed by atoms with van der Waals surface area (Å²) < 4.78 is 4.09. The van der Waals surface area contributed by atoms with Gasteiger partial charge in [0.1, 0.15) is 12.2 Å². The number of benzene rings is 2. The fraction of sp³-hybridized carbons (Fsp3) is 0.200. The molecule has 7 heteroatoms. The predicted molar refractivity (Wildman–Crippen MR) is 101 cm³/mol. The number of rotatable bonds is 2. The highest BCUT2D eigenvalue weighted by Gasteiger charge is 2.24. The van der Waals surface area contributed by atoms with Crippen molar-refractivity contribution in [2.45, 2.75) is 20.0 Å². The first-order valence-corrected chi connectivity index (χ1v) is 8.91. The number of hydrogen-bond acceptors (Lipinski definition) is 4. The van der Waals surface area contributed by atoms with Gasteiger partial charge in [0.25, 0.3) is 5.91 Å². The number of hydrogen-bond donors (Lipinski definition) is 0. The van der Waals surface area contributed by atoms with E-state index in [9.17, 15) is 4.79 Å². The summed E-state index contributed by atoms with van der Waals surface area (Å²) in [7, 11) is 0. The van der Waals surface area contributed by atoms with Gasteiger partial charge in [0.2, 0.25) is 0 Å². The van der Waals surface area contributed by atoms with Gasteiger partial charge < -0.3 is 9.47 Å². The summed E-state index contributed by atoms with van der Waals surface area (Å²) in [5, 5.41) is 8.26. The molecule has 7 nitrogen and oxygen atoms in total. The smallest absolute Gasteiger partial charge is 0.254 e. The molecule has 2 aromatic heterocycles. The number of nitrogens with zero attached hydrogens (tertiary/aromatic N) is 6. The number of aromatic nitrogens is 5. The Morgan fingerprint density at radius 2 is 1.81 bits per heavy atom. The maximum atomic E-state index is 12.9. The highest BCUT2D eigenvalue weighted by atomic mass is 16.2. The average molecular weight is 358 g/mol. The lowest BCUT2D eigenvalue weighted by Crippen LogP contribution is -2.38. The highest BCUT2D eigenvalue weighted by molar-refractivity contribution is 5.94. The molecule has 0 N–H and O–H groups in total. The SMILES string of the molecule is Cc1nnc2n1CCN(C(=O)c1ccc(-n3cnc4ccccc43)cc1)C2. The van der Waals surface area contributed by atoms with E-state index in [2.05, 4.69) is 19.7 Å². The summed E-state index contributed by atoms with van der Waals surface area (Å²) in [6.45, 7) is 3.83. The van der Waals surface area contributed by atoms with E-state index in [0.717, 1.165) is 34.9 Å². The first-order chi connectivity index (χ1) is 13.2. The van der Waals surface area contributed by atoms with Crippen molar-refractivity contribution in [2.75, 3.05) is 6.54 Å². The van der Waals surface area contributed by atoms with Gasteiger partial charge in [-0.2, -0.15) is 0 Å². The molecule has 2 aromatic carbocycles. The zero-order valence-corrected chi connectivity index (χ0v) is 14.9. The van der Waals surface area contributed by atoms with E-state index in [0.29, 0.717) is 18.7 Å². The van der Waals surface area contributed by atoms with Crippen LogP contribution >= 0.6 is 0 Å². The van der Waals surface area contributed by atoms with Crippen LogP contribution in [0, 0.1) is 6.92 Å². The molecule has 0 saturated heterocycles. The van der Waals surface area contributed by atoms with E-state index < -0.39 is 0 Å². The molecule has 4 aromatic rings. The monoisotopic (exact) mass is 358 g/mol. The molecule has 0 saturated carbocycles. The van der Waals surface area contributed by atoms with Crippen molar-refractivity contribution in [1.82, 2.24) is 29.2 Å². The van der Waals surface area contributed by atoms with Gasteiger partial charge in [-0.1, -0.05) is 12.1 Å². The molecule has 0 aliphatic carbocycles. The van der Waals surface area contributed by atoms with Gasteiger partial charge in [-0.15, -0.1) is 10.2 Å². The van der Waals surface area contributed by atoms with E-state index in [1.54, 1.807) is 6.33 Å². The van der Waals surface area contributed by atoms with Crippen molar-refractivity contribution in [1.29, 1.82) is 0 Å². The van der Waals surface area contributed by atoms with Crippen LogP contribution in [0.25, 0.3) is 16.7 Å². The minimum atomic E-state index is 0.0175. The average Bonchev–Trinajstić information content (AvgIpc) is 3.31. The van der Waals surface area contributed by atoms with Crippen LogP contribution in [0.5, 0.6) is 0 Å². The Morgan fingerprint density at radius 3 is 2.67 bits per heavy atom. The Hall–Kier alpha value is -3.48. The number of para-hydroxylation sites is 2. The molecule has 134 valence electrons. The van der Waals surface area contributed by atoms with Gasteiger partial charge in [0, 0.05) is 24.3 Å². The van der Waals surface area contributed by atoms with Gasteiger partial charge in [-0.05, 0) is 43.3 Å². The zero-order valence-electron chi connectivity index (χ0n) is 14.9. The lowest BCUT2D eigenvalue weighted by molar-refractivity contribution is 0.0706. The molecule has 3 heterocycles. The van der Waals surface area contributed by atoms with Crippen LogP contribution < -0.4 is 0 Å². The quantitative estimate of drug-likeness (QED) is 0.552. The van der Waals surface area contributed by atoms with Crippen LogP contribution in [-0.2, 0) is 13.1 Å². The fourth-order valence-electron chi connectivity index (χ4n) is 3.59. The number of carbonyl (C=O) groups excluding carboxylic acids is 1. The second-order valence-corrected chi connectivity index (χ2v) is 6.69. The molecule has 0 radical (unpaired) electrons. The molecule has 0 unspecified atom stereocenters. The molecule has 5 rings (SSSR count). The minimum absolute atomic E-state index is 0.0175. The third kappa shape index (κ3) is 2.59. The van der Waals surface area contributed by atoms with Gasteiger partial charge in [-0.25, -0.2) is 4.98 Å². The maximum Gasteiger partial charge on any atom is 0.254 e. The minimum Gasteiger partial charge on any atom is -0.329 e. The Kier molecular flexibility index (Phi) is 3.53. The van der Waals surface area contributed by atoms with Crippen LogP contribution in [-0.4, -0.2) is 41.7 Å². The molecule has 0 spiro atoms. The Balaban J connectivity index is 1.40. The number of imidazole rings is 1. The van der Waals surface area contributed by atoms with Crippen molar-refractivity contribution in [3.05, 3.63) is 72.1 Å². The molecule has 0 fully saturated rings. The van der Waals surface area contributed by atoms with Crippen LogP contribution in [0.2, 0.25) is 0 Å². The molecular formula is C20H18N6O. The van der Waals surface area contributed by atoms with E-state index in [1.165, 1.54) is 0 Å². The number of carbonyl (C=O) groups is 1. The maximum absolute atomic E-state index is 12.9. The molecule has 0 atom stereocenters. The fourth-order valence-corrected chi connectivity index (χ4v) is 3.59. The van der Waals surface area contributed by atoms with E-state index in [1.807, 2.05) is 64.9 Å². The normalized spacial score (nSPS) is 13.7. The standard InChI is InChI=1S/C20H18N6O/c1-14-22-23-19-12-24(10-11-25(14)19)20(27)15-6-8-16(9-7-15)26-13-21-17-4-2-3-5-18(17)26/h2-9,13H,10-12H2,1H3. The van der Waals surface area contributed by atoms with Crippen molar-refractivity contribution < 1.29 is 4.79 Å². The third-order valence-corrected chi connectivity index (χ3v) is 5.07. The summed E-state index contributed by atoms with van der Waals surface area (Å²) in [5.41, 5.74) is 3.65. The van der Waals surface area contributed by atoms with Crippen molar-refractivity contribution >= 4 is 16.9 Å². The van der Waals surface area contributed by atoms with E-state index in [4.69, 9.17) is 0 Å². The van der Waals surface area contributed by atoms with Crippen molar-refractivity contribution in [2.24, 2.45) is 0 Å². The highest BCUT2D eigenvalue weighted by Crippen LogP contribution is 2.20.